The number of nitrogens with zero attached hydrogens (tertiary/aromatic N) is 2. The van der Waals surface area contributed by atoms with E-state index in [0.717, 1.165) is 12.3 Å². The first-order valence-corrected chi connectivity index (χ1v) is 6.00. The van der Waals surface area contributed by atoms with Gasteiger partial charge < -0.3 is 5.11 Å². The SMILES string of the molecule is CC(O)c1csc(NC(=O)c2ccc(F)cn2)n1. The summed E-state index contributed by atoms with van der Waals surface area (Å²) in [5.74, 6) is -0.973. The van der Waals surface area contributed by atoms with Gasteiger partial charge in [-0.05, 0) is 19.1 Å². The molecule has 0 aliphatic rings. The van der Waals surface area contributed by atoms with Crippen LogP contribution in [0.2, 0.25) is 0 Å². The second kappa shape index (κ2) is 5.19. The van der Waals surface area contributed by atoms with Gasteiger partial charge in [0.15, 0.2) is 5.13 Å². The van der Waals surface area contributed by atoms with E-state index in [2.05, 4.69) is 15.3 Å². The van der Waals surface area contributed by atoms with Crippen molar-refractivity contribution >= 4 is 22.4 Å². The number of thiazole rings is 1. The van der Waals surface area contributed by atoms with E-state index >= 15 is 0 Å². The van der Waals surface area contributed by atoms with Gasteiger partial charge in [0, 0.05) is 5.38 Å². The average molecular weight is 267 g/mol. The molecule has 0 spiro atoms. The Morgan fingerprint density at radius 1 is 1.56 bits per heavy atom. The van der Waals surface area contributed by atoms with Crippen LogP contribution in [0.4, 0.5) is 9.52 Å². The van der Waals surface area contributed by atoms with Crippen molar-refractivity contribution in [2.75, 3.05) is 5.32 Å². The summed E-state index contributed by atoms with van der Waals surface area (Å²) in [6.45, 7) is 1.59. The Labute approximate surface area is 106 Å². The van der Waals surface area contributed by atoms with Crippen molar-refractivity contribution in [1.29, 1.82) is 0 Å². The number of hydrogen-bond acceptors (Lipinski definition) is 5. The Morgan fingerprint density at radius 2 is 2.33 bits per heavy atom. The molecule has 0 saturated carbocycles. The van der Waals surface area contributed by atoms with Crippen LogP contribution in [0.25, 0.3) is 0 Å². The van der Waals surface area contributed by atoms with Crippen molar-refractivity contribution in [3.63, 3.8) is 0 Å². The van der Waals surface area contributed by atoms with Gasteiger partial charge in [-0.2, -0.15) is 0 Å². The first-order valence-electron chi connectivity index (χ1n) is 5.12. The van der Waals surface area contributed by atoms with Crippen molar-refractivity contribution in [3.05, 3.63) is 40.9 Å². The highest BCUT2D eigenvalue weighted by Crippen LogP contribution is 2.20. The molecule has 94 valence electrons. The lowest BCUT2D eigenvalue weighted by atomic mass is 10.3. The van der Waals surface area contributed by atoms with Gasteiger partial charge in [0.25, 0.3) is 5.91 Å². The van der Waals surface area contributed by atoms with Crippen LogP contribution in [-0.4, -0.2) is 21.0 Å². The van der Waals surface area contributed by atoms with Gasteiger partial charge >= 0.3 is 0 Å². The van der Waals surface area contributed by atoms with Gasteiger partial charge in [-0.15, -0.1) is 11.3 Å². The monoisotopic (exact) mass is 267 g/mol. The number of aliphatic hydroxyl groups excluding tert-OH is 1. The Morgan fingerprint density at radius 3 is 2.89 bits per heavy atom. The molecule has 2 N–H and O–H groups in total. The van der Waals surface area contributed by atoms with Gasteiger partial charge in [0.1, 0.15) is 11.5 Å². The normalized spacial score (nSPS) is 12.2. The minimum absolute atomic E-state index is 0.102. The average Bonchev–Trinajstić information content (AvgIpc) is 2.78. The fourth-order valence-electron chi connectivity index (χ4n) is 1.21. The van der Waals surface area contributed by atoms with Gasteiger partial charge in [-0.3, -0.25) is 10.1 Å². The Bertz CT molecular complexity index is 554. The van der Waals surface area contributed by atoms with E-state index in [0.29, 0.717) is 10.8 Å². The Hall–Kier alpha value is -1.86. The molecule has 5 nitrogen and oxygen atoms in total. The predicted molar refractivity (Wildman–Crippen MR) is 64.9 cm³/mol. The Balaban J connectivity index is 2.08. The molecule has 1 atom stereocenters. The summed E-state index contributed by atoms with van der Waals surface area (Å²) in [6, 6.07) is 2.44. The van der Waals surface area contributed by atoms with E-state index in [9.17, 15) is 14.3 Å². The molecule has 2 heterocycles. The molecule has 0 aromatic carbocycles. The summed E-state index contributed by atoms with van der Waals surface area (Å²) in [4.78, 5) is 19.4. The topological polar surface area (TPSA) is 75.1 Å². The smallest absolute Gasteiger partial charge is 0.276 e. The van der Waals surface area contributed by atoms with Crippen LogP contribution in [-0.2, 0) is 0 Å². The number of pyridine rings is 1. The first-order chi connectivity index (χ1) is 8.56. The number of amides is 1. The minimum Gasteiger partial charge on any atom is -0.387 e. The van der Waals surface area contributed by atoms with Crippen LogP contribution in [0, 0.1) is 5.82 Å². The number of aromatic nitrogens is 2. The van der Waals surface area contributed by atoms with Gasteiger partial charge in [-0.25, -0.2) is 14.4 Å². The maximum absolute atomic E-state index is 12.6. The minimum atomic E-state index is -0.684. The highest BCUT2D eigenvalue weighted by molar-refractivity contribution is 7.14. The van der Waals surface area contributed by atoms with E-state index in [-0.39, 0.29) is 5.69 Å². The molecule has 18 heavy (non-hydrogen) atoms. The molecule has 2 rings (SSSR count). The van der Waals surface area contributed by atoms with Crippen molar-refractivity contribution in [2.24, 2.45) is 0 Å². The summed E-state index contributed by atoms with van der Waals surface area (Å²) < 4.78 is 12.6. The van der Waals surface area contributed by atoms with E-state index in [4.69, 9.17) is 0 Å². The molecule has 0 saturated heterocycles. The maximum atomic E-state index is 12.6. The van der Waals surface area contributed by atoms with E-state index in [1.165, 1.54) is 17.4 Å². The molecule has 1 unspecified atom stereocenters. The van der Waals surface area contributed by atoms with Gasteiger partial charge in [0.2, 0.25) is 0 Å². The highest BCUT2D eigenvalue weighted by Gasteiger charge is 2.12. The fraction of sp³-hybridized carbons (Fsp3) is 0.182. The second-order valence-electron chi connectivity index (χ2n) is 3.57. The number of nitrogens with one attached hydrogen (secondary N) is 1. The van der Waals surface area contributed by atoms with E-state index < -0.39 is 17.8 Å². The summed E-state index contributed by atoms with van der Waals surface area (Å²) in [7, 11) is 0. The lowest BCUT2D eigenvalue weighted by Gasteiger charge is -2.01. The number of carbonyl (C=O) groups excluding carboxylic acids is 1. The second-order valence-corrected chi connectivity index (χ2v) is 4.43. The number of carbonyl (C=O) groups is 1. The molecule has 0 radical (unpaired) electrons. The molecule has 0 aliphatic carbocycles. The summed E-state index contributed by atoms with van der Waals surface area (Å²) in [5, 5.41) is 13.8. The van der Waals surface area contributed by atoms with Crippen LogP contribution in [0.3, 0.4) is 0 Å². The number of rotatable bonds is 3. The molecule has 0 fully saturated rings. The highest BCUT2D eigenvalue weighted by atomic mass is 32.1. The van der Waals surface area contributed by atoms with Gasteiger partial charge in [-0.1, -0.05) is 0 Å². The molecular weight excluding hydrogens is 257 g/mol. The third kappa shape index (κ3) is 2.88. The third-order valence-corrected chi connectivity index (χ3v) is 2.91. The van der Waals surface area contributed by atoms with Crippen LogP contribution in [0.15, 0.2) is 23.7 Å². The molecule has 2 aromatic rings. The lowest BCUT2D eigenvalue weighted by molar-refractivity contribution is 0.102. The van der Waals surface area contributed by atoms with Crippen molar-refractivity contribution in [1.82, 2.24) is 9.97 Å². The third-order valence-electron chi connectivity index (χ3n) is 2.13. The zero-order chi connectivity index (χ0) is 13.1. The number of anilines is 1. The Kier molecular flexibility index (Phi) is 3.63. The largest absolute Gasteiger partial charge is 0.387 e. The number of hydrogen-bond donors (Lipinski definition) is 2. The van der Waals surface area contributed by atoms with Crippen LogP contribution in [0.5, 0.6) is 0 Å². The molecule has 2 aromatic heterocycles. The van der Waals surface area contributed by atoms with Crippen molar-refractivity contribution in [2.45, 2.75) is 13.0 Å². The van der Waals surface area contributed by atoms with E-state index in [1.807, 2.05) is 0 Å². The fourth-order valence-corrected chi connectivity index (χ4v) is 2.00. The summed E-state index contributed by atoms with van der Waals surface area (Å²) in [6.07, 6.45) is 0.286. The zero-order valence-corrected chi connectivity index (χ0v) is 10.2. The van der Waals surface area contributed by atoms with Gasteiger partial charge in [0.05, 0.1) is 18.0 Å². The standard InChI is InChI=1S/C11H10FN3O2S/c1-6(16)9-5-18-11(14-9)15-10(17)8-3-2-7(12)4-13-8/h2-6,16H,1H3,(H,14,15,17). The molecular formula is C11H10FN3O2S. The number of halogens is 1. The molecule has 1 amide bonds. The predicted octanol–water partition coefficient (Wildman–Crippen LogP) is 1.98. The van der Waals surface area contributed by atoms with E-state index in [1.54, 1.807) is 12.3 Å². The summed E-state index contributed by atoms with van der Waals surface area (Å²) >= 11 is 1.20. The lowest BCUT2D eigenvalue weighted by Crippen LogP contribution is -2.13. The van der Waals surface area contributed by atoms with Crippen LogP contribution < -0.4 is 5.32 Å². The van der Waals surface area contributed by atoms with Crippen molar-refractivity contribution < 1.29 is 14.3 Å². The molecule has 7 heteroatoms. The number of aliphatic hydroxyl groups is 1. The summed E-state index contributed by atoms with van der Waals surface area (Å²) in [5.41, 5.74) is 0.590. The molecule has 0 bridgehead atoms. The maximum Gasteiger partial charge on any atom is 0.276 e. The van der Waals surface area contributed by atoms with Crippen molar-refractivity contribution in [3.8, 4) is 0 Å². The van der Waals surface area contributed by atoms with Crippen LogP contribution >= 0.6 is 11.3 Å². The quantitative estimate of drug-likeness (QED) is 0.891. The molecule has 0 aliphatic heterocycles. The first kappa shape index (κ1) is 12.6. The zero-order valence-electron chi connectivity index (χ0n) is 9.42. The van der Waals surface area contributed by atoms with Crippen LogP contribution in [0.1, 0.15) is 29.2 Å².